The number of nitrogens with zero attached hydrogens (tertiary/aromatic N) is 1. The molecule has 2 aromatic rings. The summed E-state index contributed by atoms with van der Waals surface area (Å²) in [4.78, 5) is 0. The minimum Gasteiger partial charge on any atom is -0.321 e. The van der Waals surface area contributed by atoms with Gasteiger partial charge in [-0.25, -0.2) is 0 Å². The highest BCUT2D eigenvalue weighted by Crippen LogP contribution is 2.45. The Balaban J connectivity index is 0.000000151. The van der Waals surface area contributed by atoms with Crippen LogP contribution in [0.4, 0.5) is 0 Å². The summed E-state index contributed by atoms with van der Waals surface area (Å²) in [5, 5.41) is 9.70. The SMILES string of the molecule is N#Cc1ccccc1Cl.NC1(c2ccccc2Cl)CC1. The van der Waals surface area contributed by atoms with Crippen LogP contribution >= 0.6 is 23.2 Å². The lowest BCUT2D eigenvalue weighted by Crippen LogP contribution is -2.18. The largest absolute Gasteiger partial charge is 0.321 e. The van der Waals surface area contributed by atoms with Gasteiger partial charge in [-0.05, 0) is 36.6 Å². The van der Waals surface area contributed by atoms with Gasteiger partial charge < -0.3 is 5.73 Å². The lowest BCUT2D eigenvalue weighted by atomic mass is 10.1. The minimum atomic E-state index is -0.0989. The van der Waals surface area contributed by atoms with Crippen LogP contribution in [-0.4, -0.2) is 0 Å². The molecule has 1 aliphatic rings. The number of halogens is 2. The second-order valence-electron chi connectivity index (χ2n) is 4.73. The highest BCUT2D eigenvalue weighted by Gasteiger charge is 2.41. The van der Waals surface area contributed by atoms with E-state index in [1.54, 1.807) is 24.3 Å². The van der Waals surface area contributed by atoms with Gasteiger partial charge in [0.25, 0.3) is 0 Å². The fourth-order valence-corrected chi connectivity index (χ4v) is 2.32. The van der Waals surface area contributed by atoms with Crippen LogP contribution in [0.5, 0.6) is 0 Å². The number of rotatable bonds is 1. The molecule has 102 valence electrons. The smallest absolute Gasteiger partial charge is 0.101 e. The molecule has 1 saturated carbocycles. The highest BCUT2D eigenvalue weighted by atomic mass is 35.5. The molecule has 2 aromatic carbocycles. The summed E-state index contributed by atoms with van der Waals surface area (Å²) in [7, 11) is 0. The number of nitrogens with two attached hydrogens (primary N) is 1. The summed E-state index contributed by atoms with van der Waals surface area (Å²) < 4.78 is 0. The molecule has 0 saturated heterocycles. The Bertz CT molecular complexity index is 643. The van der Waals surface area contributed by atoms with Gasteiger partial charge in [0.1, 0.15) is 6.07 Å². The quantitative estimate of drug-likeness (QED) is 0.843. The van der Waals surface area contributed by atoms with Crippen LogP contribution < -0.4 is 5.73 Å². The van der Waals surface area contributed by atoms with Crippen molar-refractivity contribution in [3.05, 3.63) is 69.7 Å². The first-order valence-corrected chi connectivity index (χ1v) is 7.01. The van der Waals surface area contributed by atoms with E-state index in [-0.39, 0.29) is 5.54 Å². The molecule has 0 aliphatic heterocycles. The Morgan fingerprint density at radius 3 is 1.95 bits per heavy atom. The van der Waals surface area contributed by atoms with Crippen molar-refractivity contribution in [3.63, 3.8) is 0 Å². The predicted octanol–water partition coefficient (Wildman–Crippen LogP) is 4.50. The zero-order valence-electron chi connectivity index (χ0n) is 10.8. The number of nitriles is 1. The van der Waals surface area contributed by atoms with E-state index >= 15 is 0 Å². The lowest BCUT2D eigenvalue weighted by molar-refractivity contribution is 0.740. The molecule has 0 unspecified atom stereocenters. The maximum Gasteiger partial charge on any atom is 0.101 e. The second kappa shape index (κ2) is 6.28. The van der Waals surface area contributed by atoms with Crippen LogP contribution in [0.15, 0.2) is 48.5 Å². The molecule has 1 fully saturated rings. The molecule has 1 aliphatic carbocycles. The van der Waals surface area contributed by atoms with E-state index in [1.807, 2.05) is 30.3 Å². The van der Waals surface area contributed by atoms with Gasteiger partial charge in [-0.1, -0.05) is 53.5 Å². The standard InChI is InChI=1S/C9H10ClN.C7H4ClN/c10-8-4-2-1-3-7(8)9(11)5-6-9;8-7-4-2-1-3-6(7)5-9/h1-4H,5-6,11H2;1-4H. The zero-order valence-corrected chi connectivity index (χ0v) is 12.3. The first-order chi connectivity index (χ1) is 9.57. The Morgan fingerprint density at radius 1 is 0.950 bits per heavy atom. The molecule has 0 spiro atoms. The van der Waals surface area contributed by atoms with Gasteiger partial charge in [0.15, 0.2) is 0 Å². The van der Waals surface area contributed by atoms with E-state index in [0.717, 1.165) is 23.4 Å². The van der Waals surface area contributed by atoms with Crippen molar-refractivity contribution in [3.8, 4) is 6.07 Å². The normalized spacial score (nSPS) is 14.7. The van der Waals surface area contributed by atoms with Crippen molar-refractivity contribution in [2.45, 2.75) is 18.4 Å². The molecule has 20 heavy (non-hydrogen) atoms. The molecule has 0 aromatic heterocycles. The van der Waals surface area contributed by atoms with Gasteiger partial charge in [0.2, 0.25) is 0 Å². The van der Waals surface area contributed by atoms with Gasteiger partial charge >= 0.3 is 0 Å². The third-order valence-electron chi connectivity index (χ3n) is 3.19. The Kier molecular flexibility index (Phi) is 4.67. The van der Waals surface area contributed by atoms with Crippen molar-refractivity contribution in [2.24, 2.45) is 5.73 Å². The molecule has 3 rings (SSSR count). The van der Waals surface area contributed by atoms with Crippen LogP contribution in [0.1, 0.15) is 24.0 Å². The van der Waals surface area contributed by atoms with E-state index < -0.39 is 0 Å². The highest BCUT2D eigenvalue weighted by molar-refractivity contribution is 6.31. The van der Waals surface area contributed by atoms with Crippen molar-refractivity contribution < 1.29 is 0 Å². The summed E-state index contributed by atoms with van der Waals surface area (Å²) in [6, 6.07) is 16.7. The van der Waals surface area contributed by atoms with Gasteiger partial charge in [-0.3, -0.25) is 0 Å². The Morgan fingerprint density at radius 2 is 1.50 bits per heavy atom. The number of hydrogen-bond donors (Lipinski definition) is 1. The average Bonchev–Trinajstić information content (AvgIpc) is 3.19. The molecule has 0 radical (unpaired) electrons. The lowest BCUT2D eigenvalue weighted by Gasteiger charge is -2.09. The summed E-state index contributed by atoms with van der Waals surface area (Å²) in [6.07, 6.45) is 2.13. The van der Waals surface area contributed by atoms with Crippen molar-refractivity contribution in [1.29, 1.82) is 5.26 Å². The van der Waals surface area contributed by atoms with E-state index in [0.29, 0.717) is 10.6 Å². The van der Waals surface area contributed by atoms with E-state index in [9.17, 15) is 0 Å². The van der Waals surface area contributed by atoms with Gasteiger partial charge in [-0.2, -0.15) is 5.26 Å². The Hall–Kier alpha value is -1.53. The monoisotopic (exact) mass is 304 g/mol. The summed E-state index contributed by atoms with van der Waals surface area (Å²) in [6.45, 7) is 0. The van der Waals surface area contributed by atoms with Crippen molar-refractivity contribution >= 4 is 23.2 Å². The molecule has 0 atom stereocenters. The van der Waals surface area contributed by atoms with E-state index in [1.165, 1.54) is 0 Å². The molecule has 0 bridgehead atoms. The minimum absolute atomic E-state index is 0.0989. The van der Waals surface area contributed by atoms with Crippen molar-refractivity contribution in [2.75, 3.05) is 0 Å². The maximum absolute atomic E-state index is 8.38. The first kappa shape index (κ1) is 14.9. The molecule has 0 amide bonds. The topological polar surface area (TPSA) is 49.8 Å². The molecular formula is C16H14Cl2N2. The summed E-state index contributed by atoms with van der Waals surface area (Å²) >= 11 is 11.6. The van der Waals surface area contributed by atoms with Gasteiger partial charge in [-0.15, -0.1) is 0 Å². The Labute approximate surface area is 128 Å². The third kappa shape index (κ3) is 3.52. The predicted molar refractivity (Wildman–Crippen MR) is 82.7 cm³/mol. The van der Waals surface area contributed by atoms with Gasteiger partial charge in [0.05, 0.1) is 10.6 Å². The fourth-order valence-electron chi connectivity index (χ4n) is 1.82. The molecular weight excluding hydrogens is 291 g/mol. The molecule has 4 heteroatoms. The number of benzene rings is 2. The molecule has 2 N–H and O–H groups in total. The maximum atomic E-state index is 8.38. The van der Waals surface area contributed by atoms with Crippen LogP contribution in [0.2, 0.25) is 10.0 Å². The molecule has 0 heterocycles. The summed E-state index contributed by atoms with van der Waals surface area (Å²) in [5.41, 5.74) is 7.51. The molecule has 2 nitrogen and oxygen atoms in total. The second-order valence-corrected chi connectivity index (χ2v) is 5.54. The average molecular weight is 305 g/mol. The van der Waals surface area contributed by atoms with Crippen molar-refractivity contribution in [1.82, 2.24) is 0 Å². The van der Waals surface area contributed by atoms with Crippen LogP contribution in [0.25, 0.3) is 0 Å². The van der Waals surface area contributed by atoms with E-state index in [2.05, 4.69) is 0 Å². The van der Waals surface area contributed by atoms with Crippen LogP contribution in [-0.2, 0) is 5.54 Å². The van der Waals surface area contributed by atoms with Crippen LogP contribution in [0.3, 0.4) is 0 Å². The first-order valence-electron chi connectivity index (χ1n) is 6.25. The number of hydrogen-bond acceptors (Lipinski definition) is 2. The third-order valence-corrected chi connectivity index (χ3v) is 3.85. The van der Waals surface area contributed by atoms with Crippen LogP contribution in [0, 0.1) is 11.3 Å². The van der Waals surface area contributed by atoms with Gasteiger partial charge in [0, 0.05) is 10.6 Å². The fraction of sp³-hybridized carbons (Fsp3) is 0.188. The van der Waals surface area contributed by atoms with E-state index in [4.69, 9.17) is 34.2 Å². The zero-order chi connectivity index (χ0) is 14.6. The summed E-state index contributed by atoms with van der Waals surface area (Å²) in [5.74, 6) is 0.